The lowest BCUT2D eigenvalue weighted by atomic mass is 10.1. The van der Waals surface area contributed by atoms with Crippen molar-refractivity contribution in [2.75, 3.05) is 0 Å². The van der Waals surface area contributed by atoms with E-state index >= 15 is 0 Å². The summed E-state index contributed by atoms with van der Waals surface area (Å²) in [5.41, 5.74) is 10.4. The molecule has 0 saturated carbocycles. The predicted octanol–water partition coefficient (Wildman–Crippen LogP) is -0.642. The molecule has 2 rings (SSSR count). The van der Waals surface area contributed by atoms with Gasteiger partial charge in [0.25, 0.3) is 0 Å². The molecule has 0 aromatic carbocycles. The van der Waals surface area contributed by atoms with Crippen LogP contribution in [0.4, 0.5) is 4.79 Å². The minimum absolute atomic E-state index is 0.206. The molecule has 2 aliphatic rings. The number of thioether (sulfide) groups is 1. The molecule has 0 bridgehead atoms. The number of primary amides is 1. The molecule has 0 aliphatic carbocycles. The maximum Gasteiger partial charge on any atom is 0.409 e. The Morgan fingerprint density at radius 3 is 2.67 bits per heavy atom. The van der Waals surface area contributed by atoms with Crippen molar-refractivity contribution in [1.82, 2.24) is 4.90 Å². The average Bonchev–Trinajstić information content (AvgIpc) is 2.19. The van der Waals surface area contributed by atoms with Gasteiger partial charge in [0.15, 0.2) is 11.5 Å². The Morgan fingerprint density at radius 2 is 2.22 bits per heavy atom. The first-order valence-corrected chi connectivity index (χ1v) is 5.86. The van der Waals surface area contributed by atoms with Crippen molar-refractivity contribution in [2.45, 2.75) is 23.6 Å². The second-order valence-corrected chi connectivity index (χ2v) is 5.68. The molecule has 5 N–H and O–H groups in total. The third kappa shape index (κ3) is 1.81. The third-order valence-corrected chi connectivity index (χ3v) is 3.92. The van der Waals surface area contributed by atoms with Crippen LogP contribution in [0.2, 0.25) is 0 Å². The van der Waals surface area contributed by atoms with Gasteiger partial charge in [-0.05, 0) is 6.92 Å². The van der Waals surface area contributed by atoms with E-state index in [4.69, 9.17) is 16.6 Å². The van der Waals surface area contributed by atoms with Crippen LogP contribution < -0.4 is 11.5 Å². The lowest BCUT2D eigenvalue weighted by Gasteiger charge is -2.48. The van der Waals surface area contributed by atoms with Gasteiger partial charge in [-0.3, -0.25) is 9.69 Å². The molecule has 1 fully saturated rings. The smallest absolute Gasteiger partial charge is 0.409 e. The highest BCUT2D eigenvalue weighted by Gasteiger charge is 2.53. The van der Waals surface area contributed by atoms with E-state index in [1.807, 2.05) is 0 Å². The first-order valence-electron chi connectivity index (χ1n) is 4.98. The molecule has 18 heavy (non-hydrogen) atoms. The molecule has 8 nitrogen and oxygen atoms in total. The maximum absolute atomic E-state index is 11.4. The summed E-state index contributed by atoms with van der Waals surface area (Å²) in [4.78, 5) is 33.3. The van der Waals surface area contributed by atoms with Crippen LogP contribution in [0.1, 0.15) is 13.3 Å². The Morgan fingerprint density at radius 1 is 1.61 bits per heavy atom. The lowest BCUT2D eigenvalue weighted by Crippen LogP contribution is -2.59. The van der Waals surface area contributed by atoms with Crippen LogP contribution in [0.3, 0.4) is 0 Å². The first kappa shape index (κ1) is 12.7. The number of carbonyl (C=O) groups is 3. The van der Waals surface area contributed by atoms with E-state index in [-0.39, 0.29) is 23.5 Å². The monoisotopic (exact) mass is 273 g/mol. The third-order valence-electron chi connectivity index (χ3n) is 2.60. The van der Waals surface area contributed by atoms with E-state index < -0.39 is 22.6 Å². The fraction of sp³-hybridized carbons (Fsp3) is 0.444. The summed E-state index contributed by atoms with van der Waals surface area (Å²) in [5, 5.41) is 8.80. The number of carboxylic acids is 1. The summed E-state index contributed by atoms with van der Waals surface area (Å²) >= 11 is 1.14. The largest absolute Gasteiger partial charge is 0.476 e. The normalized spacial score (nSPS) is 30.7. The quantitative estimate of drug-likeness (QED) is 0.569. The molecule has 0 spiro atoms. The van der Waals surface area contributed by atoms with Gasteiger partial charge in [-0.2, -0.15) is 0 Å². The summed E-state index contributed by atoms with van der Waals surface area (Å²) in [5.74, 6) is -2.05. The van der Waals surface area contributed by atoms with E-state index in [0.29, 0.717) is 0 Å². The molecule has 9 heteroatoms. The summed E-state index contributed by atoms with van der Waals surface area (Å²) in [6.45, 7) is 1.50. The Balaban J connectivity index is 2.53. The second kappa shape index (κ2) is 3.89. The first-order chi connectivity index (χ1) is 8.24. The van der Waals surface area contributed by atoms with Crippen LogP contribution >= 0.6 is 11.8 Å². The zero-order valence-electron chi connectivity index (χ0n) is 9.37. The average molecular weight is 273 g/mol. The number of hydrogen-bond donors (Lipinski definition) is 3. The van der Waals surface area contributed by atoms with Gasteiger partial charge in [0.05, 0.1) is 11.8 Å². The van der Waals surface area contributed by atoms with Gasteiger partial charge in [0.2, 0.25) is 5.91 Å². The van der Waals surface area contributed by atoms with Gasteiger partial charge in [-0.1, -0.05) is 0 Å². The number of aliphatic carboxylic acids is 1. The maximum atomic E-state index is 11.4. The fourth-order valence-electron chi connectivity index (χ4n) is 1.88. The molecular formula is C9H11N3O5S. The number of fused-ring (bicyclic) bond motifs is 1. The number of carbonyl (C=O) groups excluding carboxylic acids is 2. The van der Waals surface area contributed by atoms with E-state index in [1.165, 1.54) is 6.92 Å². The predicted molar refractivity (Wildman–Crippen MR) is 60.8 cm³/mol. The number of rotatable bonds is 2. The van der Waals surface area contributed by atoms with Gasteiger partial charge >= 0.3 is 12.1 Å². The van der Waals surface area contributed by atoms with Gasteiger partial charge < -0.3 is 21.3 Å². The van der Waals surface area contributed by atoms with Crippen LogP contribution in [0, 0.1) is 0 Å². The Kier molecular flexibility index (Phi) is 2.74. The standard InChI is InChI=1S/C9H11N3O5S/c1-9(11)6(17-8(10)16)5(7(14)15)12-3(13)2-4(12)18-9/h4H,2,11H2,1H3,(H2,10,16)(H,14,15)/t4-,9?/m1/s1. The molecule has 1 saturated heterocycles. The number of nitrogens with zero attached hydrogens (tertiary/aromatic N) is 1. The van der Waals surface area contributed by atoms with Crippen LogP contribution in [0.5, 0.6) is 0 Å². The fourth-order valence-corrected chi connectivity index (χ4v) is 3.25. The summed E-state index contributed by atoms with van der Waals surface area (Å²) in [6.07, 6.45) is -0.967. The highest BCUT2D eigenvalue weighted by molar-refractivity contribution is 8.01. The summed E-state index contributed by atoms with van der Waals surface area (Å²) < 4.78 is 4.68. The molecule has 0 radical (unpaired) electrons. The van der Waals surface area contributed by atoms with Crippen LogP contribution in [0.25, 0.3) is 0 Å². The Labute approximate surface area is 106 Å². The number of hydrogen-bond acceptors (Lipinski definition) is 6. The summed E-state index contributed by atoms with van der Waals surface area (Å²) in [6, 6.07) is 0. The van der Waals surface area contributed by atoms with Crippen molar-refractivity contribution < 1.29 is 24.2 Å². The van der Waals surface area contributed by atoms with Crippen molar-refractivity contribution in [2.24, 2.45) is 11.5 Å². The molecule has 2 heterocycles. The SMILES string of the molecule is CC1(N)S[C@@H]2CC(=O)N2C(C(=O)O)=C1OC(N)=O. The van der Waals surface area contributed by atoms with Crippen LogP contribution in [-0.2, 0) is 14.3 Å². The summed E-state index contributed by atoms with van der Waals surface area (Å²) in [7, 11) is 0. The molecule has 2 amide bonds. The van der Waals surface area contributed by atoms with Crippen molar-refractivity contribution in [3.63, 3.8) is 0 Å². The van der Waals surface area contributed by atoms with Crippen molar-refractivity contribution in [3.8, 4) is 0 Å². The topological polar surface area (TPSA) is 136 Å². The van der Waals surface area contributed by atoms with Gasteiger partial charge in [0.1, 0.15) is 4.87 Å². The van der Waals surface area contributed by atoms with E-state index in [9.17, 15) is 14.4 Å². The molecule has 0 aromatic heterocycles. The highest BCUT2D eigenvalue weighted by Crippen LogP contribution is 2.47. The zero-order valence-corrected chi connectivity index (χ0v) is 10.2. The number of amides is 2. The minimum atomic E-state index is -1.39. The highest BCUT2D eigenvalue weighted by atomic mass is 32.2. The molecular weight excluding hydrogens is 262 g/mol. The molecule has 2 aliphatic heterocycles. The molecule has 98 valence electrons. The van der Waals surface area contributed by atoms with Gasteiger partial charge in [-0.25, -0.2) is 9.59 Å². The van der Waals surface area contributed by atoms with E-state index in [2.05, 4.69) is 4.74 Å². The van der Waals surface area contributed by atoms with Crippen LogP contribution in [0.15, 0.2) is 11.5 Å². The minimum Gasteiger partial charge on any atom is -0.476 e. The Bertz CT molecular complexity index is 487. The second-order valence-electron chi connectivity index (χ2n) is 4.05. The van der Waals surface area contributed by atoms with E-state index in [1.54, 1.807) is 0 Å². The number of nitrogens with two attached hydrogens (primary N) is 2. The van der Waals surface area contributed by atoms with Crippen molar-refractivity contribution in [1.29, 1.82) is 0 Å². The van der Waals surface area contributed by atoms with Gasteiger partial charge in [-0.15, -0.1) is 11.8 Å². The number of carboxylic acid groups (broad SMARTS) is 1. The van der Waals surface area contributed by atoms with Gasteiger partial charge in [0, 0.05) is 0 Å². The Hall–Kier alpha value is -1.74. The van der Waals surface area contributed by atoms with Crippen molar-refractivity contribution >= 4 is 29.7 Å². The number of ether oxygens (including phenoxy) is 1. The lowest BCUT2D eigenvalue weighted by molar-refractivity contribution is -0.146. The van der Waals surface area contributed by atoms with Crippen LogP contribution in [-0.4, -0.2) is 38.2 Å². The molecule has 1 unspecified atom stereocenters. The molecule has 0 aromatic rings. The van der Waals surface area contributed by atoms with E-state index in [0.717, 1.165) is 16.7 Å². The number of β-lactam (4-membered cyclic amide) rings is 1. The van der Waals surface area contributed by atoms with Crippen molar-refractivity contribution in [3.05, 3.63) is 11.5 Å². The zero-order chi connectivity index (χ0) is 13.7. The molecule has 2 atom stereocenters.